The van der Waals surface area contributed by atoms with E-state index in [-0.39, 0.29) is 25.6 Å². The van der Waals surface area contributed by atoms with Gasteiger partial charge in [-0.25, -0.2) is 0 Å². The lowest BCUT2D eigenvalue weighted by Crippen LogP contribution is -2.28. The van der Waals surface area contributed by atoms with Crippen molar-refractivity contribution in [3.8, 4) is 0 Å². The topological polar surface area (TPSA) is 93.1 Å². The van der Waals surface area contributed by atoms with Gasteiger partial charge in [0.1, 0.15) is 6.61 Å². The molecule has 274 valence electrons. The van der Waals surface area contributed by atoms with Crippen molar-refractivity contribution >= 4 is 11.9 Å². The Bertz CT molecular complexity index is 926. The van der Waals surface area contributed by atoms with Crippen molar-refractivity contribution in [2.24, 2.45) is 5.92 Å². The number of hydrogen-bond donors (Lipinski definition) is 2. The first-order valence-electron chi connectivity index (χ1n) is 19.0. The van der Waals surface area contributed by atoms with Gasteiger partial charge in [0.25, 0.3) is 0 Å². The van der Waals surface area contributed by atoms with E-state index < -0.39 is 18.2 Å². The van der Waals surface area contributed by atoms with E-state index in [9.17, 15) is 19.8 Å². The average molecular weight is 671 g/mol. The molecule has 0 saturated heterocycles. The molecule has 0 aliphatic heterocycles. The molecule has 0 fully saturated rings. The SMILES string of the molecule is CC/C=C\CC(O)/C=C/C=C/C/C=C\C/C=C\C/C=C\CCC(=O)O[C@@H](CO)COC(=O)CCCCCCCCCCCCCC(C)C. The Morgan fingerprint density at radius 1 is 0.646 bits per heavy atom. The normalized spacial score (nSPS) is 13.8. The molecule has 0 aromatic carbocycles. The number of ether oxygens (including phenoxy) is 2. The van der Waals surface area contributed by atoms with Crippen LogP contribution in [-0.4, -0.2) is 47.6 Å². The lowest BCUT2D eigenvalue weighted by Gasteiger charge is -2.15. The fourth-order valence-electron chi connectivity index (χ4n) is 4.91. The number of esters is 2. The van der Waals surface area contributed by atoms with E-state index in [0.29, 0.717) is 19.3 Å². The Labute approximate surface area is 294 Å². The van der Waals surface area contributed by atoms with Gasteiger partial charge in [0, 0.05) is 12.8 Å². The molecule has 0 bridgehead atoms. The molecule has 0 heterocycles. The molecule has 1 unspecified atom stereocenters. The number of aliphatic hydroxyl groups excluding tert-OH is 2. The van der Waals surface area contributed by atoms with Crippen LogP contribution in [0.2, 0.25) is 0 Å². The third kappa shape index (κ3) is 34.6. The van der Waals surface area contributed by atoms with E-state index >= 15 is 0 Å². The molecule has 0 aromatic heterocycles. The average Bonchev–Trinajstić information content (AvgIpc) is 3.06. The van der Waals surface area contributed by atoms with E-state index in [1.807, 2.05) is 30.4 Å². The van der Waals surface area contributed by atoms with Crippen molar-refractivity contribution in [2.45, 2.75) is 161 Å². The van der Waals surface area contributed by atoms with Crippen molar-refractivity contribution in [3.63, 3.8) is 0 Å². The van der Waals surface area contributed by atoms with Gasteiger partial charge in [-0.3, -0.25) is 9.59 Å². The summed E-state index contributed by atoms with van der Waals surface area (Å²) in [6.45, 7) is 6.18. The summed E-state index contributed by atoms with van der Waals surface area (Å²) in [5.41, 5.74) is 0. The molecule has 0 amide bonds. The standard InChI is InChI=1S/C42H70O6/c1-4-5-26-32-39(44)33-28-23-19-15-11-7-6-8-12-17-21-25-30-35-42(46)48-40(36-43)37-47-41(45)34-29-24-20-16-13-9-10-14-18-22-27-31-38(2)3/h5,7-8,11-12,19,21,23,25-26,28,33,38-40,43-44H,4,6,9-10,13-18,20,22,24,27,29-32,34-37H2,1-3H3/b11-7-,12-8-,23-19+,25-21-,26-5-,33-28+/t39?,40-/m0/s1. The Hall–Kier alpha value is -2.70. The van der Waals surface area contributed by atoms with E-state index in [4.69, 9.17) is 9.47 Å². The monoisotopic (exact) mass is 671 g/mol. The molecule has 48 heavy (non-hydrogen) atoms. The van der Waals surface area contributed by atoms with E-state index in [0.717, 1.165) is 50.9 Å². The molecular formula is C42H70O6. The second-order valence-electron chi connectivity index (χ2n) is 13.0. The molecule has 0 aromatic rings. The van der Waals surface area contributed by atoms with Gasteiger partial charge in [0.2, 0.25) is 0 Å². The van der Waals surface area contributed by atoms with Gasteiger partial charge in [-0.05, 0) is 50.9 Å². The Kier molecular flexibility index (Phi) is 33.6. The van der Waals surface area contributed by atoms with Crippen LogP contribution < -0.4 is 0 Å². The second kappa shape index (κ2) is 35.6. The van der Waals surface area contributed by atoms with Gasteiger partial charge in [0.15, 0.2) is 6.10 Å². The molecule has 0 radical (unpaired) electrons. The zero-order valence-corrected chi connectivity index (χ0v) is 30.7. The summed E-state index contributed by atoms with van der Waals surface area (Å²) in [4.78, 5) is 24.2. The first kappa shape index (κ1) is 45.3. The van der Waals surface area contributed by atoms with Crippen molar-refractivity contribution in [3.05, 3.63) is 72.9 Å². The summed E-state index contributed by atoms with van der Waals surface area (Å²) in [7, 11) is 0. The van der Waals surface area contributed by atoms with Gasteiger partial charge in [-0.15, -0.1) is 0 Å². The molecule has 0 aliphatic rings. The third-order valence-corrected chi connectivity index (χ3v) is 7.79. The maximum absolute atomic E-state index is 12.1. The highest BCUT2D eigenvalue weighted by atomic mass is 16.6. The molecule has 6 nitrogen and oxygen atoms in total. The lowest BCUT2D eigenvalue weighted by atomic mass is 10.0. The van der Waals surface area contributed by atoms with Gasteiger partial charge in [-0.2, -0.15) is 0 Å². The highest BCUT2D eigenvalue weighted by molar-refractivity contribution is 5.70. The highest BCUT2D eigenvalue weighted by Crippen LogP contribution is 2.14. The third-order valence-electron chi connectivity index (χ3n) is 7.79. The number of allylic oxidation sites excluding steroid dienone is 10. The molecule has 2 N–H and O–H groups in total. The zero-order valence-electron chi connectivity index (χ0n) is 30.7. The quantitative estimate of drug-likeness (QED) is 0.0320. The first-order chi connectivity index (χ1) is 23.4. The molecule has 0 aliphatic carbocycles. The Morgan fingerprint density at radius 3 is 1.79 bits per heavy atom. The lowest BCUT2D eigenvalue weighted by molar-refractivity contribution is -0.161. The van der Waals surface area contributed by atoms with E-state index in [2.05, 4.69) is 57.2 Å². The molecule has 2 atom stereocenters. The summed E-state index contributed by atoms with van der Waals surface area (Å²) in [6.07, 6.45) is 43.0. The number of carbonyl (C=O) groups is 2. The minimum Gasteiger partial charge on any atom is -0.462 e. The smallest absolute Gasteiger partial charge is 0.306 e. The van der Waals surface area contributed by atoms with Crippen molar-refractivity contribution < 1.29 is 29.3 Å². The van der Waals surface area contributed by atoms with Crippen molar-refractivity contribution in [1.82, 2.24) is 0 Å². The molecule has 6 heteroatoms. The molecule has 0 rings (SSSR count). The summed E-state index contributed by atoms with van der Waals surface area (Å²) in [5.74, 6) is 0.110. The first-order valence-corrected chi connectivity index (χ1v) is 19.0. The van der Waals surface area contributed by atoms with Crippen LogP contribution in [0.5, 0.6) is 0 Å². The zero-order chi connectivity index (χ0) is 35.3. The molecular weight excluding hydrogens is 600 g/mol. The summed E-state index contributed by atoms with van der Waals surface area (Å²) in [6, 6.07) is 0. The number of hydrogen-bond acceptors (Lipinski definition) is 6. The van der Waals surface area contributed by atoms with Crippen LogP contribution in [-0.2, 0) is 19.1 Å². The van der Waals surface area contributed by atoms with E-state index in [1.54, 1.807) is 6.08 Å². The van der Waals surface area contributed by atoms with Crippen molar-refractivity contribution in [1.29, 1.82) is 0 Å². The maximum Gasteiger partial charge on any atom is 0.306 e. The van der Waals surface area contributed by atoms with Crippen LogP contribution >= 0.6 is 0 Å². The van der Waals surface area contributed by atoms with E-state index in [1.165, 1.54) is 57.8 Å². The minimum atomic E-state index is -0.825. The predicted molar refractivity (Wildman–Crippen MR) is 202 cm³/mol. The number of carbonyl (C=O) groups excluding carboxylic acids is 2. The van der Waals surface area contributed by atoms with Crippen LogP contribution in [0.15, 0.2) is 72.9 Å². The van der Waals surface area contributed by atoms with Crippen LogP contribution in [0.25, 0.3) is 0 Å². The van der Waals surface area contributed by atoms with Gasteiger partial charge in [-0.1, -0.05) is 164 Å². The van der Waals surface area contributed by atoms with Crippen LogP contribution in [0, 0.1) is 5.92 Å². The van der Waals surface area contributed by atoms with Gasteiger partial charge < -0.3 is 19.7 Å². The summed E-state index contributed by atoms with van der Waals surface area (Å²) >= 11 is 0. The van der Waals surface area contributed by atoms with Crippen molar-refractivity contribution in [2.75, 3.05) is 13.2 Å². The minimum absolute atomic E-state index is 0.109. The Balaban J connectivity index is 3.78. The summed E-state index contributed by atoms with van der Waals surface area (Å²) in [5, 5.41) is 19.3. The Morgan fingerprint density at radius 2 is 1.21 bits per heavy atom. The fourth-order valence-corrected chi connectivity index (χ4v) is 4.91. The summed E-state index contributed by atoms with van der Waals surface area (Å²) < 4.78 is 10.5. The van der Waals surface area contributed by atoms with Crippen LogP contribution in [0.4, 0.5) is 0 Å². The predicted octanol–water partition coefficient (Wildman–Crippen LogP) is 10.6. The maximum atomic E-state index is 12.1. The van der Waals surface area contributed by atoms with Crippen LogP contribution in [0.3, 0.4) is 0 Å². The number of aliphatic hydroxyl groups is 2. The molecule has 0 spiro atoms. The largest absolute Gasteiger partial charge is 0.462 e. The van der Waals surface area contributed by atoms with Gasteiger partial charge in [0.05, 0.1) is 12.7 Å². The fraction of sp³-hybridized carbons (Fsp3) is 0.667. The number of unbranched alkanes of at least 4 members (excludes halogenated alkanes) is 10. The highest BCUT2D eigenvalue weighted by Gasteiger charge is 2.15. The second-order valence-corrected chi connectivity index (χ2v) is 13.0. The number of rotatable bonds is 32. The molecule has 0 saturated carbocycles. The van der Waals surface area contributed by atoms with Crippen LogP contribution in [0.1, 0.15) is 149 Å². The van der Waals surface area contributed by atoms with Gasteiger partial charge >= 0.3 is 11.9 Å².